The van der Waals surface area contributed by atoms with E-state index in [1.807, 2.05) is 20.8 Å². The molecule has 0 aromatic rings. The van der Waals surface area contributed by atoms with E-state index >= 15 is 0 Å². The number of Topliss-reactive ketones (excluding diaryl/α,β-unsaturated/α-hetero) is 1. The van der Waals surface area contributed by atoms with Crippen molar-refractivity contribution in [1.82, 2.24) is 0 Å². The fraction of sp³-hybridized carbons (Fsp3) is 0.710. The van der Waals surface area contributed by atoms with Gasteiger partial charge in [-0.1, -0.05) is 33.8 Å². The standard InChI is InChI=1S/C31H42O10/c1-11-14(2)28(36)40-25-22-21(29(22,9)10)24(38-19(7)33)17(5)26(35)30-13-16(4)27(39-20(8)34)31(30,41-30)12-15(3)23(25)37-18(6)32/h11-12,16-17,21-25,27H,13H2,1-10H3/b14-11+,15-12-/t16-,17-,21-,22+,23+,24?,25-,27-,30-,31?/m0/s1. The first-order chi connectivity index (χ1) is 18.9. The first kappa shape index (κ1) is 30.9. The molecule has 0 radical (unpaired) electrons. The number of fused-ring (bicyclic) bond motifs is 1. The van der Waals surface area contributed by atoms with E-state index in [2.05, 4.69) is 0 Å². The SMILES string of the molecule is C/C=C(\C)C(=O)O[C@H]1[C@H]2[C@@H](C(OC(C)=O)[C@H](C)C(=O)[C@@]34C[C@H](C)[C@H](OC(C)=O)C3(/C=C(/C)[C@H]1OC(C)=O)O4)C2(C)C. The zero-order chi connectivity index (χ0) is 30.8. The van der Waals surface area contributed by atoms with Crippen LogP contribution in [0.25, 0.3) is 0 Å². The van der Waals surface area contributed by atoms with Crippen LogP contribution in [0, 0.1) is 29.1 Å². The number of carbonyl (C=O) groups excluding carboxylic acids is 5. The Morgan fingerprint density at radius 1 is 0.902 bits per heavy atom. The number of hydrogen-bond donors (Lipinski definition) is 0. The normalized spacial score (nSPS) is 42.1. The second-order valence-electron chi connectivity index (χ2n) is 12.8. The molecule has 2 unspecified atom stereocenters. The number of esters is 4. The Kier molecular flexibility index (Phi) is 7.82. The van der Waals surface area contributed by atoms with E-state index in [0.29, 0.717) is 17.6 Å². The molecule has 4 aliphatic rings. The number of rotatable bonds is 5. The minimum Gasteiger partial charge on any atom is -0.461 e. The van der Waals surface area contributed by atoms with Crippen molar-refractivity contribution >= 4 is 29.7 Å². The van der Waals surface area contributed by atoms with Crippen molar-refractivity contribution in [2.24, 2.45) is 29.1 Å². The lowest BCUT2D eigenvalue weighted by Crippen LogP contribution is -2.43. The Hall–Kier alpha value is -3.01. The van der Waals surface area contributed by atoms with Crippen LogP contribution in [0.4, 0.5) is 0 Å². The van der Waals surface area contributed by atoms with E-state index < -0.39 is 82.7 Å². The van der Waals surface area contributed by atoms with Crippen LogP contribution in [-0.2, 0) is 47.7 Å². The molecule has 0 N–H and O–H groups in total. The lowest BCUT2D eigenvalue weighted by molar-refractivity contribution is -0.165. The third-order valence-corrected chi connectivity index (χ3v) is 9.57. The molecule has 10 nitrogen and oxygen atoms in total. The van der Waals surface area contributed by atoms with Crippen molar-refractivity contribution in [3.8, 4) is 0 Å². The number of ether oxygens (including phenoxy) is 5. The maximum absolute atomic E-state index is 14.3. The molecule has 1 saturated heterocycles. The molecule has 10 atom stereocenters. The van der Waals surface area contributed by atoms with Crippen LogP contribution in [0.5, 0.6) is 0 Å². The summed E-state index contributed by atoms with van der Waals surface area (Å²) in [5.41, 5.74) is -2.31. The molecule has 0 bridgehead atoms. The van der Waals surface area contributed by atoms with E-state index in [4.69, 9.17) is 23.7 Å². The van der Waals surface area contributed by atoms with Crippen molar-refractivity contribution in [2.75, 3.05) is 0 Å². The number of allylic oxidation sites excluding steroid dienone is 1. The first-order valence-corrected chi connectivity index (χ1v) is 14.2. The molecule has 3 aliphatic carbocycles. The van der Waals surface area contributed by atoms with Gasteiger partial charge in [0.25, 0.3) is 0 Å². The quantitative estimate of drug-likeness (QED) is 0.157. The van der Waals surface area contributed by atoms with Crippen LogP contribution in [-0.4, -0.2) is 65.3 Å². The molecule has 0 spiro atoms. The zero-order valence-corrected chi connectivity index (χ0v) is 25.6. The molecular formula is C31H42O10. The Labute approximate surface area is 241 Å². The number of epoxide rings is 1. The number of carbonyl (C=O) groups is 5. The molecule has 41 heavy (non-hydrogen) atoms. The summed E-state index contributed by atoms with van der Waals surface area (Å²) in [4.78, 5) is 64.4. The second kappa shape index (κ2) is 10.4. The van der Waals surface area contributed by atoms with Crippen LogP contribution >= 0.6 is 0 Å². The lowest BCUT2D eigenvalue weighted by Gasteiger charge is -2.30. The molecule has 2 saturated carbocycles. The van der Waals surface area contributed by atoms with Crippen LogP contribution in [0.3, 0.4) is 0 Å². The highest BCUT2D eigenvalue weighted by atomic mass is 16.7. The third-order valence-electron chi connectivity index (χ3n) is 9.57. The predicted octanol–water partition coefficient (Wildman–Crippen LogP) is 3.64. The first-order valence-electron chi connectivity index (χ1n) is 14.2. The molecule has 1 heterocycles. The van der Waals surface area contributed by atoms with Gasteiger partial charge in [-0.15, -0.1) is 0 Å². The minimum absolute atomic E-state index is 0.230. The maximum Gasteiger partial charge on any atom is 0.333 e. The molecule has 3 fully saturated rings. The average molecular weight is 575 g/mol. The molecular weight excluding hydrogens is 532 g/mol. The van der Waals surface area contributed by atoms with Crippen molar-refractivity contribution in [1.29, 1.82) is 0 Å². The molecule has 0 aromatic carbocycles. The van der Waals surface area contributed by atoms with Crippen LogP contribution in [0.15, 0.2) is 23.3 Å². The summed E-state index contributed by atoms with van der Waals surface area (Å²) in [5.74, 6) is -4.31. The summed E-state index contributed by atoms with van der Waals surface area (Å²) in [5, 5.41) is 0. The molecule has 0 amide bonds. The van der Waals surface area contributed by atoms with Crippen LogP contribution in [0.2, 0.25) is 0 Å². The average Bonchev–Trinajstić information content (AvgIpc) is 3.66. The highest BCUT2D eigenvalue weighted by molar-refractivity contribution is 5.96. The lowest BCUT2D eigenvalue weighted by atomic mass is 9.80. The molecule has 1 aliphatic heterocycles. The molecule has 226 valence electrons. The van der Waals surface area contributed by atoms with Gasteiger partial charge in [0.05, 0.1) is 5.92 Å². The van der Waals surface area contributed by atoms with Gasteiger partial charge in [0, 0.05) is 38.2 Å². The van der Waals surface area contributed by atoms with Crippen molar-refractivity contribution in [3.05, 3.63) is 23.3 Å². The molecule has 10 heteroatoms. The van der Waals surface area contributed by atoms with Crippen molar-refractivity contribution < 1.29 is 47.7 Å². The fourth-order valence-electron chi connectivity index (χ4n) is 7.53. The van der Waals surface area contributed by atoms with Gasteiger partial charge >= 0.3 is 23.9 Å². The van der Waals surface area contributed by atoms with Crippen LogP contribution in [0.1, 0.15) is 75.7 Å². The summed E-state index contributed by atoms with van der Waals surface area (Å²) in [6, 6.07) is 0. The Balaban J connectivity index is 1.95. The van der Waals surface area contributed by atoms with Gasteiger partial charge in [-0.2, -0.15) is 0 Å². The van der Waals surface area contributed by atoms with E-state index in [1.54, 1.807) is 39.8 Å². The van der Waals surface area contributed by atoms with Gasteiger partial charge in [0.2, 0.25) is 0 Å². The van der Waals surface area contributed by atoms with E-state index in [1.165, 1.54) is 20.8 Å². The highest BCUT2D eigenvalue weighted by Crippen LogP contribution is 2.68. The summed E-state index contributed by atoms with van der Waals surface area (Å²) in [6.07, 6.45) is -0.0199. The Bertz CT molecular complexity index is 1230. The second-order valence-corrected chi connectivity index (χ2v) is 12.8. The highest BCUT2D eigenvalue weighted by Gasteiger charge is 2.84. The monoisotopic (exact) mass is 574 g/mol. The smallest absolute Gasteiger partial charge is 0.333 e. The fourth-order valence-corrected chi connectivity index (χ4v) is 7.53. The zero-order valence-electron chi connectivity index (χ0n) is 25.6. The van der Waals surface area contributed by atoms with Gasteiger partial charge in [0.15, 0.2) is 23.1 Å². The summed E-state index contributed by atoms with van der Waals surface area (Å²) in [7, 11) is 0. The van der Waals surface area contributed by atoms with Crippen molar-refractivity contribution in [3.63, 3.8) is 0 Å². The third kappa shape index (κ3) is 4.91. The van der Waals surface area contributed by atoms with Gasteiger partial charge in [-0.25, -0.2) is 4.79 Å². The van der Waals surface area contributed by atoms with E-state index in [0.717, 1.165) is 0 Å². The molecule has 4 rings (SSSR count). The number of hydrogen-bond acceptors (Lipinski definition) is 10. The Morgan fingerprint density at radius 3 is 2.00 bits per heavy atom. The van der Waals surface area contributed by atoms with Crippen molar-refractivity contribution in [2.45, 2.75) is 111 Å². The maximum atomic E-state index is 14.3. The summed E-state index contributed by atoms with van der Waals surface area (Å²) < 4.78 is 29.8. The topological polar surface area (TPSA) is 135 Å². The molecule has 0 aromatic heterocycles. The van der Waals surface area contributed by atoms with Gasteiger partial charge in [-0.3, -0.25) is 19.2 Å². The van der Waals surface area contributed by atoms with Crippen LogP contribution < -0.4 is 0 Å². The van der Waals surface area contributed by atoms with Gasteiger partial charge < -0.3 is 23.7 Å². The minimum atomic E-state index is -1.32. The largest absolute Gasteiger partial charge is 0.461 e. The Morgan fingerprint density at radius 2 is 1.46 bits per heavy atom. The van der Waals surface area contributed by atoms with E-state index in [9.17, 15) is 24.0 Å². The van der Waals surface area contributed by atoms with Gasteiger partial charge in [0.1, 0.15) is 18.3 Å². The van der Waals surface area contributed by atoms with Gasteiger partial charge in [-0.05, 0) is 50.2 Å². The summed E-state index contributed by atoms with van der Waals surface area (Å²) >= 11 is 0. The predicted molar refractivity (Wildman–Crippen MR) is 145 cm³/mol. The van der Waals surface area contributed by atoms with E-state index in [-0.39, 0.29) is 11.7 Å². The number of ketones is 1. The summed E-state index contributed by atoms with van der Waals surface area (Å²) in [6.45, 7) is 16.5.